The van der Waals surface area contributed by atoms with Crippen molar-refractivity contribution in [2.75, 3.05) is 6.54 Å². The quantitative estimate of drug-likeness (QED) is 0.328. The molecule has 0 radical (unpaired) electrons. The first kappa shape index (κ1) is 16.9. The fourth-order valence-corrected chi connectivity index (χ4v) is 1.92. The van der Waals surface area contributed by atoms with Crippen molar-refractivity contribution >= 4 is 0 Å². The first-order valence-electron chi connectivity index (χ1n) is 7.57. The molecule has 0 unspecified atom stereocenters. The minimum atomic E-state index is 0.154. The van der Waals surface area contributed by atoms with Crippen molar-refractivity contribution in [2.24, 2.45) is 5.84 Å². The van der Waals surface area contributed by atoms with Crippen LogP contribution in [0.5, 0.6) is 0 Å². The Morgan fingerprint density at radius 2 is 1.29 bits per heavy atom. The highest BCUT2D eigenvalue weighted by Gasteiger charge is 2.20. The summed E-state index contributed by atoms with van der Waals surface area (Å²) in [6.45, 7) is 9.95. The highest BCUT2D eigenvalue weighted by molar-refractivity contribution is 4.75. The maximum Gasteiger partial charge on any atom is 0.0293 e. The SMILES string of the molecule is CCCCCCCCCCN(N)C(C)(C)CC. The van der Waals surface area contributed by atoms with Crippen LogP contribution in [0.1, 0.15) is 85.5 Å². The van der Waals surface area contributed by atoms with Crippen molar-refractivity contribution in [2.45, 2.75) is 91.0 Å². The lowest BCUT2D eigenvalue weighted by molar-refractivity contribution is 0.114. The summed E-state index contributed by atoms with van der Waals surface area (Å²) < 4.78 is 0. The molecule has 0 aliphatic carbocycles. The molecule has 0 aromatic heterocycles. The van der Waals surface area contributed by atoms with Crippen LogP contribution in [0.15, 0.2) is 0 Å². The Morgan fingerprint density at radius 1 is 0.824 bits per heavy atom. The molecule has 0 spiro atoms. The van der Waals surface area contributed by atoms with E-state index in [9.17, 15) is 0 Å². The summed E-state index contributed by atoms with van der Waals surface area (Å²) in [5, 5.41) is 2.02. The van der Waals surface area contributed by atoms with Gasteiger partial charge in [0.1, 0.15) is 0 Å². The Hall–Kier alpha value is -0.0800. The van der Waals surface area contributed by atoms with Gasteiger partial charge in [0.25, 0.3) is 0 Å². The van der Waals surface area contributed by atoms with E-state index in [1.54, 1.807) is 0 Å². The van der Waals surface area contributed by atoms with E-state index < -0.39 is 0 Å². The van der Waals surface area contributed by atoms with Gasteiger partial charge < -0.3 is 0 Å². The van der Waals surface area contributed by atoms with Crippen molar-refractivity contribution in [3.05, 3.63) is 0 Å². The third-order valence-electron chi connectivity index (χ3n) is 3.90. The van der Waals surface area contributed by atoms with Crippen LogP contribution in [0.3, 0.4) is 0 Å². The summed E-state index contributed by atoms with van der Waals surface area (Å²) in [7, 11) is 0. The van der Waals surface area contributed by atoms with Gasteiger partial charge in [-0.15, -0.1) is 0 Å². The number of nitrogens with zero attached hydrogens (tertiary/aromatic N) is 1. The fraction of sp³-hybridized carbons (Fsp3) is 1.00. The molecule has 0 amide bonds. The lowest BCUT2D eigenvalue weighted by atomic mass is 10.0. The molecule has 0 aromatic rings. The van der Waals surface area contributed by atoms with Gasteiger partial charge in [-0.05, 0) is 26.7 Å². The molecule has 0 fully saturated rings. The van der Waals surface area contributed by atoms with Crippen LogP contribution in [0.2, 0.25) is 0 Å². The summed E-state index contributed by atoms with van der Waals surface area (Å²) in [6, 6.07) is 0. The maximum absolute atomic E-state index is 6.08. The second-order valence-electron chi connectivity index (χ2n) is 5.83. The van der Waals surface area contributed by atoms with Crippen molar-refractivity contribution in [1.29, 1.82) is 0 Å². The van der Waals surface area contributed by atoms with Gasteiger partial charge in [0.15, 0.2) is 0 Å². The third-order valence-corrected chi connectivity index (χ3v) is 3.90. The zero-order valence-electron chi connectivity index (χ0n) is 12.6. The molecular formula is C15H34N2. The van der Waals surface area contributed by atoms with Gasteiger partial charge in [0, 0.05) is 12.1 Å². The lowest BCUT2D eigenvalue weighted by Crippen LogP contribution is -2.48. The number of unbranched alkanes of at least 4 members (excludes halogenated alkanes) is 7. The van der Waals surface area contributed by atoms with Crippen molar-refractivity contribution < 1.29 is 0 Å². The van der Waals surface area contributed by atoms with Gasteiger partial charge in [-0.25, -0.2) is 5.01 Å². The molecule has 2 nitrogen and oxygen atoms in total. The van der Waals surface area contributed by atoms with E-state index in [2.05, 4.69) is 27.7 Å². The van der Waals surface area contributed by atoms with Crippen LogP contribution in [-0.2, 0) is 0 Å². The zero-order valence-corrected chi connectivity index (χ0v) is 12.6. The van der Waals surface area contributed by atoms with Crippen LogP contribution < -0.4 is 5.84 Å². The predicted molar refractivity (Wildman–Crippen MR) is 77.9 cm³/mol. The number of hydrogen-bond acceptors (Lipinski definition) is 2. The molecule has 17 heavy (non-hydrogen) atoms. The molecule has 0 heterocycles. The average molecular weight is 242 g/mol. The average Bonchev–Trinajstić information content (AvgIpc) is 2.32. The van der Waals surface area contributed by atoms with Crippen LogP contribution in [0.25, 0.3) is 0 Å². The van der Waals surface area contributed by atoms with Crippen LogP contribution in [0, 0.1) is 0 Å². The van der Waals surface area contributed by atoms with E-state index >= 15 is 0 Å². The summed E-state index contributed by atoms with van der Waals surface area (Å²) in [6.07, 6.45) is 12.1. The molecule has 0 aliphatic rings. The van der Waals surface area contributed by atoms with Crippen molar-refractivity contribution in [3.63, 3.8) is 0 Å². The third kappa shape index (κ3) is 8.62. The lowest BCUT2D eigenvalue weighted by Gasteiger charge is -2.34. The van der Waals surface area contributed by atoms with E-state index in [1.165, 1.54) is 51.4 Å². The largest absolute Gasteiger partial charge is 0.268 e. The van der Waals surface area contributed by atoms with E-state index in [4.69, 9.17) is 5.84 Å². The van der Waals surface area contributed by atoms with Gasteiger partial charge in [-0.1, -0.05) is 58.8 Å². The van der Waals surface area contributed by atoms with E-state index in [-0.39, 0.29) is 5.54 Å². The first-order chi connectivity index (χ1) is 8.04. The normalized spacial score (nSPS) is 12.4. The monoisotopic (exact) mass is 242 g/mol. The standard InChI is InChI=1S/C15H34N2/c1-5-7-8-9-10-11-12-13-14-17(16)15(3,4)6-2/h5-14,16H2,1-4H3. The molecule has 0 aliphatic heterocycles. The van der Waals surface area contributed by atoms with Gasteiger partial charge in [-0.2, -0.15) is 0 Å². The summed E-state index contributed by atoms with van der Waals surface area (Å²) in [5.74, 6) is 6.08. The van der Waals surface area contributed by atoms with Gasteiger partial charge >= 0.3 is 0 Å². The highest BCUT2D eigenvalue weighted by Crippen LogP contribution is 2.15. The Balaban J connectivity index is 3.34. The number of rotatable bonds is 11. The summed E-state index contributed by atoms with van der Waals surface area (Å²) in [5.41, 5.74) is 0.154. The minimum Gasteiger partial charge on any atom is -0.268 e. The molecule has 0 bridgehead atoms. The Labute approximate surface area is 109 Å². The molecular weight excluding hydrogens is 208 g/mol. The molecule has 0 saturated carbocycles. The molecule has 0 saturated heterocycles. The fourth-order valence-electron chi connectivity index (χ4n) is 1.92. The number of hydrazine groups is 1. The Morgan fingerprint density at radius 3 is 1.76 bits per heavy atom. The molecule has 0 atom stereocenters. The van der Waals surface area contributed by atoms with E-state index in [0.29, 0.717) is 0 Å². The van der Waals surface area contributed by atoms with E-state index in [0.717, 1.165) is 13.0 Å². The summed E-state index contributed by atoms with van der Waals surface area (Å²) >= 11 is 0. The zero-order chi connectivity index (χ0) is 13.1. The van der Waals surface area contributed by atoms with Crippen LogP contribution >= 0.6 is 0 Å². The Bertz CT molecular complexity index is 166. The first-order valence-corrected chi connectivity index (χ1v) is 7.57. The summed E-state index contributed by atoms with van der Waals surface area (Å²) in [4.78, 5) is 0. The molecule has 2 heteroatoms. The van der Waals surface area contributed by atoms with E-state index in [1.807, 2.05) is 5.01 Å². The number of nitrogens with two attached hydrogens (primary N) is 1. The minimum absolute atomic E-state index is 0.154. The second-order valence-corrected chi connectivity index (χ2v) is 5.83. The maximum atomic E-state index is 6.08. The van der Waals surface area contributed by atoms with Crippen LogP contribution in [0.4, 0.5) is 0 Å². The Kier molecular flexibility index (Phi) is 9.85. The highest BCUT2D eigenvalue weighted by atomic mass is 15.4. The molecule has 0 rings (SSSR count). The van der Waals surface area contributed by atoms with Gasteiger partial charge in [-0.3, -0.25) is 5.84 Å². The van der Waals surface area contributed by atoms with Gasteiger partial charge in [0.2, 0.25) is 0 Å². The van der Waals surface area contributed by atoms with Crippen molar-refractivity contribution in [3.8, 4) is 0 Å². The smallest absolute Gasteiger partial charge is 0.0293 e. The predicted octanol–water partition coefficient (Wildman–Crippen LogP) is 4.49. The number of hydrogen-bond donors (Lipinski definition) is 1. The van der Waals surface area contributed by atoms with Crippen molar-refractivity contribution in [1.82, 2.24) is 5.01 Å². The topological polar surface area (TPSA) is 29.3 Å². The van der Waals surface area contributed by atoms with Gasteiger partial charge in [0.05, 0.1) is 0 Å². The molecule has 2 N–H and O–H groups in total. The van der Waals surface area contributed by atoms with Crippen LogP contribution in [-0.4, -0.2) is 17.1 Å². The molecule has 0 aromatic carbocycles. The molecule has 104 valence electrons. The second kappa shape index (κ2) is 9.90.